The summed E-state index contributed by atoms with van der Waals surface area (Å²) in [5, 5.41) is 0. The van der Waals surface area contributed by atoms with Crippen LogP contribution in [-0.2, 0) is 0 Å². The summed E-state index contributed by atoms with van der Waals surface area (Å²) in [6.07, 6.45) is 3.40. The molecule has 58 valence electrons. The van der Waals surface area contributed by atoms with Crippen molar-refractivity contribution in [2.24, 2.45) is 5.84 Å². The van der Waals surface area contributed by atoms with E-state index in [2.05, 4.69) is 5.43 Å². The summed E-state index contributed by atoms with van der Waals surface area (Å²) < 4.78 is 0. The quantitative estimate of drug-likeness (QED) is 0.284. The normalized spacial score (nSPS) is 8.67. The molecule has 0 bridgehead atoms. The predicted octanol–water partition coefficient (Wildman–Crippen LogP) is 1.28. The molecule has 9 heavy (non-hydrogen) atoms. The first kappa shape index (κ1) is 12.2. The van der Waals surface area contributed by atoms with Gasteiger partial charge in [-0.25, -0.2) is 0 Å². The van der Waals surface area contributed by atoms with Crippen molar-refractivity contribution in [3.8, 4) is 0 Å². The number of hydrazine groups is 1. The summed E-state index contributed by atoms with van der Waals surface area (Å²) in [6, 6.07) is 0. The second kappa shape index (κ2) is 11.3. The Balaban J connectivity index is 0. The van der Waals surface area contributed by atoms with Gasteiger partial charge in [0.1, 0.15) is 0 Å². The fraction of sp³-hybridized carbons (Fsp3) is 1.00. The molecule has 0 fully saturated rings. The van der Waals surface area contributed by atoms with Gasteiger partial charge in [-0.1, -0.05) is 6.42 Å². The number of alkyl halides is 1. The zero-order chi connectivity index (χ0) is 6.24. The molecule has 0 unspecified atom stereocenters. The van der Waals surface area contributed by atoms with Crippen molar-refractivity contribution >= 4 is 24.0 Å². The minimum absolute atomic E-state index is 0. The first-order valence-electron chi connectivity index (χ1n) is 2.91. The van der Waals surface area contributed by atoms with Gasteiger partial charge in [-0.05, 0) is 12.8 Å². The van der Waals surface area contributed by atoms with E-state index in [-0.39, 0.29) is 12.4 Å². The Bertz CT molecular complexity index is 37.9. The highest BCUT2D eigenvalue weighted by molar-refractivity contribution is 6.17. The van der Waals surface area contributed by atoms with Gasteiger partial charge < -0.3 is 0 Å². The van der Waals surface area contributed by atoms with Gasteiger partial charge in [-0.15, -0.1) is 24.0 Å². The van der Waals surface area contributed by atoms with E-state index in [1.54, 1.807) is 0 Å². The van der Waals surface area contributed by atoms with Crippen LogP contribution in [0.3, 0.4) is 0 Å². The summed E-state index contributed by atoms with van der Waals surface area (Å²) >= 11 is 5.43. The number of nitrogens with one attached hydrogen (secondary N) is 1. The lowest BCUT2D eigenvalue weighted by atomic mass is 10.2. The van der Waals surface area contributed by atoms with Crippen LogP contribution in [0.1, 0.15) is 19.3 Å². The highest BCUT2D eigenvalue weighted by atomic mass is 35.5. The van der Waals surface area contributed by atoms with Gasteiger partial charge in [0.05, 0.1) is 0 Å². The van der Waals surface area contributed by atoms with Crippen molar-refractivity contribution in [3.05, 3.63) is 0 Å². The van der Waals surface area contributed by atoms with E-state index in [0.29, 0.717) is 0 Å². The van der Waals surface area contributed by atoms with Crippen LogP contribution in [0.15, 0.2) is 0 Å². The molecule has 0 aliphatic rings. The lowest BCUT2D eigenvalue weighted by Gasteiger charge is -1.94. The van der Waals surface area contributed by atoms with Crippen molar-refractivity contribution in [2.75, 3.05) is 12.4 Å². The maximum absolute atomic E-state index is 5.43. The molecular formula is C5H14Cl2N2. The van der Waals surface area contributed by atoms with Gasteiger partial charge in [-0.2, -0.15) is 0 Å². The molecule has 0 heterocycles. The fourth-order valence-corrected chi connectivity index (χ4v) is 0.687. The van der Waals surface area contributed by atoms with Crippen molar-refractivity contribution in [1.29, 1.82) is 0 Å². The third-order valence-electron chi connectivity index (χ3n) is 0.955. The molecule has 2 nitrogen and oxygen atoms in total. The van der Waals surface area contributed by atoms with E-state index < -0.39 is 0 Å². The van der Waals surface area contributed by atoms with Crippen LogP contribution in [0, 0.1) is 0 Å². The molecule has 0 amide bonds. The minimum Gasteiger partial charge on any atom is -0.271 e. The number of halogens is 2. The molecular weight excluding hydrogens is 159 g/mol. The Morgan fingerprint density at radius 3 is 2.33 bits per heavy atom. The molecule has 0 saturated carbocycles. The SMILES string of the molecule is Cl.NNCCCCCCl. The van der Waals surface area contributed by atoms with Crippen molar-refractivity contribution < 1.29 is 0 Å². The van der Waals surface area contributed by atoms with Gasteiger partial charge in [0.15, 0.2) is 0 Å². The zero-order valence-electron chi connectivity index (χ0n) is 5.40. The minimum atomic E-state index is 0. The molecule has 0 rings (SSSR count). The molecule has 0 atom stereocenters. The lowest BCUT2D eigenvalue weighted by Crippen LogP contribution is -2.22. The monoisotopic (exact) mass is 172 g/mol. The number of nitrogens with two attached hydrogens (primary N) is 1. The average molecular weight is 173 g/mol. The van der Waals surface area contributed by atoms with E-state index in [9.17, 15) is 0 Å². The Morgan fingerprint density at radius 1 is 1.22 bits per heavy atom. The van der Waals surface area contributed by atoms with Crippen LogP contribution in [0.5, 0.6) is 0 Å². The molecule has 0 radical (unpaired) electrons. The lowest BCUT2D eigenvalue weighted by molar-refractivity contribution is 0.639. The van der Waals surface area contributed by atoms with Crippen LogP contribution in [0.4, 0.5) is 0 Å². The third-order valence-corrected chi connectivity index (χ3v) is 1.22. The third kappa shape index (κ3) is 11.9. The number of hydrogen-bond acceptors (Lipinski definition) is 2. The standard InChI is InChI=1S/C5H13ClN2.ClH/c6-4-2-1-3-5-8-7;/h8H,1-5,7H2;1H. The molecule has 0 aliphatic heterocycles. The molecule has 3 N–H and O–H groups in total. The molecule has 0 saturated heterocycles. The Labute approximate surface area is 67.5 Å². The summed E-state index contributed by atoms with van der Waals surface area (Å²) in [5.41, 5.74) is 2.58. The first-order valence-corrected chi connectivity index (χ1v) is 3.44. The van der Waals surface area contributed by atoms with Crippen LogP contribution in [0.2, 0.25) is 0 Å². The molecule has 0 spiro atoms. The average Bonchev–Trinajstić information content (AvgIpc) is 1.81. The van der Waals surface area contributed by atoms with Gasteiger partial charge in [-0.3, -0.25) is 11.3 Å². The first-order chi connectivity index (χ1) is 3.91. The van der Waals surface area contributed by atoms with E-state index >= 15 is 0 Å². The summed E-state index contributed by atoms with van der Waals surface area (Å²) in [4.78, 5) is 0. The van der Waals surface area contributed by atoms with Gasteiger partial charge in [0, 0.05) is 12.4 Å². The predicted molar refractivity (Wildman–Crippen MR) is 44.0 cm³/mol. The van der Waals surface area contributed by atoms with Gasteiger partial charge in [0.25, 0.3) is 0 Å². The smallest absolute Gasteiger partial charge is 0.0223 e. The zero-order valence-corrected chi connectivity index (χ0v) is 6.97. The number of unbranched alkanes of at least 4 members (excludes halogenated alkanes) is 2. The Kier molecular flexibility index (Phi) is 15.3. The largest absolute Gasteiger partial charge is 0.271 e. The van der Waals surface area contributed by atoms with Crippen molar-refractivity contribution in [1.82, 2.24) is 5.43 Å². The van der Waals surface area contributed by atoms with Crippen LogP contribution in [0.25, 0.3) is 0 Å². The van der Waals surface area contributed by atoms with Gasteiger partial charge in [0.2, 0.25) is 0 Å². The molecule has 0 aromatic rings. The molecule has 0 aromatic carbocycles. The summed E-state index contributed by atoms with van der Waals surface area (Å²) in [5.74, 6) is 5.80. The van der Waals surface area contributed by atoms with E-state index in [4.69, 9.17) is 17.4 Å². The summed E-state index contributed by atoms with van der Waals surface area (Å²) in [7, 11) is 0. The van der Waals surface area contributed by atoms with E-state index in [1.165, 1.54) is 6.42 Å². The van der Waals surface area contributed by atoms with Crippen LogP contribution in [-0.4, -0.2) is 12.4 Å². The molecule has 0 aromatic heterocycles. The maximum Gasteiger partial charge on any atom is 0.0223 e. The maximum atomic E-state index is 5.43. The number of rotatable bonds is 5. The van der Waals surface area contributed by atoms with Crippen molar-refractivity contribution in [3.63, 3.8) is 0 Å². The number of hydrogen-bond donors (Lipinski definition) is 2. The van der Waals surface area contributed by atoms with Gasteiger partial charge >= 0.3 is 0 Å². The second-order valence-corrected chi connectivity index (χ2v) is 2.08. The molecule has 4 heteroatoms. The van der Waals surface area contributed by atoms with Crippen LogP contribution < -0.4 is 11.3 Å². The van der Waals surface area contributed by atoms with E-state index in [0.717, 1.165) is 25.3 Å². The van der Waals surface area contributed by atoms with Crippen LogP contribution >= 0.6 is 24.0 Å². The van der Waals surface area contributed by atoms with E-state index in [1.807, 2.05) is 0 Å². The second-order valence-electron chi connectivity index (χ2n) is 1.70. The van der Waals surface area contributed by atoms with Crippen molar-refractivity contribution in [2.45, 2.75) is 19.3 Å². The highest BCUT2D eigenvalue weighted by Crippen LogP contribution is 1.94. The Morgan fingerprint density at radius 2 is 1.89 bits per heavy atom. The topological polar surface area (TPSA) is 38.0 Å². The fourth-order valence-electron chi connectivity index (χ4n) is 0.498. The molecule has 0 aliphatic carbocycles. The highest BCUT2D eigenvalue weighted by Gasteiger charge is 1.83. The Hall–Kier alpha value is 0.500. The summed E-state index contributed by atoms with van der Waals surface area (Å²) in [6.45, 7) is 0.900.